The smallest absolute Gasteiger partial charge is 0.278 e. The van der Waals surface area contributed by atoms with Crippen molar-refractivity contribution < 1.29 is 26.4 Å². The molecule has 1 aliphatic heterocycles. The van der Waals surface area contributed by atoms with Gasteiger partial charge in [-0.1, -0.05) is 0 Å². The van der Waals surface area contributed by atoms with Crippen LogP contribution in [0.15, 0.2) is 10.3 Å². The summed E-state index contributed by atoms with van der Waals surface area (Å²) in [5.41, 5.74) is 0. The molecule has 1 rings (SSSR count). The Labute approximate surface area is 88.2 Å². The highest BCUT2D eigenvalue weighted by atomic mass is 32.2. The van der Waals surface area contributed by atoms with Gasteiger partial charge in [-0.15, -0.1) is 4.47 Å². The summed E-state index contributed by atoms with van der Waals surface area (Å²) >= 11 is 0.708. The number of alkyl halides is 3. The van der Waals surface area contributed by atoms with E-state index in [4.69, 9.17) is 5.14 Å². The summed E-state index contributed by atoms with van der Waals surface area (Å²) in [6, 6.07) is 0. The van der Waals surface area contributed by atoms with Crippen molar-refractivity contribution in [2.45, 2.75) is 6.18 Å². The van der Waals surface area contributed by atoms with Crippen LogP contribution in [-0.4, -0.2) is 32.2 Å². The Kier molecular flexibility index (Phi) is 3.66. The summed E-state index contributed by atoms with van der Waals surface area (Å²) in [4.78, 5) is 4.12. The lowest BCUT2D eigenvalue weighted by Crippen LogP contribution is -2.26. The van der Waals surface area contributed by atoms with Crippen LogP contribution in [0.25, 0.3) is 0 Å². The van der Waals surface area contributed by atoms with E-state index in [9.17, 15) is 21.6 Å². The molecule has 1 heterocycles. The first kappa shape index (κ1) is 12.8. The Morgan fingerprint density at radius 2 is 2.20 bits per heavy atom. The number of halogens is 3. The van der Waals surface area contributed by atoms with E-state index < -0.39 is 22.8 Å². The molecule has 0 saturated carbocycles. The second-order valence-corrected chi connectivity index (χ2v) is 5.08. The molecule has 2 N–H and O–H groups in total. The Balaban J connectivity index is 2.42. The molecule has 1 aliphatic rings. The SMILES string of the molecule is NS(=O)(=O)C1=CSN(OCC(F)(F)F)C1. The van der Waals surface area contributed by atoms with E-state index in [2.05, 4.69) is 4.84 Å². The molecular weight excluding hydrogens is 257 g/mol. The van der Waals surface area contributed by atoms with Crippen molar-refractivity contribution in [1.82, 2.24) is 4.47 Å². The van der Waals surface area contributed by atoms with Gasteiger partial charge < -0.3 is 0 Å². The molecule has 0 amide bonds. The number of hydroxylamine groups is 1. The summed E-state index contributed by atoms with van der Waals surface area (Å²) in [5.74, 6) is 0. The average molecular weight is 264 g/mol. The maximum Gasteiger partial charge on any atom is 0.413 e. The molecule has 5 nitrogen and oxygen atoms in total. The van der Waals surface area contributed by atoms with Gasteiger partial charge in [0.15, 0.2) is 6.61 Å². The fourth-order valence-electron chi connectivity index (χ4n) is 0.698. The van der Waals surface area contributed by atoms with Crippen LogP contribution in [-0.2, 0) is 14.9 Å². The first-order chi connectivity index (χ1) is 6.68. The van der Waals surface area contributed by atoms with E-state index >= 15 is 0 Å². The fraction of sp³-hybridized carbons (Fsp3) is 0.600. The monoisotopic (exact) mass is 264 g/mol. The lowest BCUT2D eigenvalue weighted by Gasteiger charge is -2.15. The van der Waals surface area contributed by atoms with Gasteiger partial charge in [0.2, 0.25) is 10.0 Å². The number of hydrogen-bond acceptors (Lipinski definition) is 5. The van der Waals surface area contributed by atoms with Crippen LogP contribution in [0, 0.1) is 0 Å². The van der Waals surface area contributed by atoms with Crippen LogP contribution < -0.4 is 5.14 Å². The Bertz CT molecular complexity index is 364. The van der Waals surface area contributed by atoms with E-state index in [0.29, 0.717) is 11.9 Å². The minimum atomic E-state index is -4.45. The van der Waals surface area contributed by atoms with Crippen molar-refractivity contribution >= 4 is 22.0 Å². The molecule has 88 valence electrons. The highest BCUT2D eigenvalue weighted by Gasteiger charge is 2.31. The standard InChI is InChI=1S/C5H7F3N2O3S2/c6-5(7,8)3-13-10-1-4(2-14-10)15(9,11)12/h2H,1,3H2,(H2,9,11,12). The van der Waals surface area contributed by atoms with Crippen LogP contribution in [0.3, 0.4) is 0 Å². The summed E-state index contributed by atoms with van der Waals surface area (Å²) in [5, 5.41) is 5.90. The number of rotatable bonds is 3. The van der Waals surface area contributed by atoms with Gasteiger partial charge >= 0.3 is 6.18 Å². The maximum atomic E-state index is 11.7. The third-order valence-corrected chi connectivity index (χ3v) is 3.31. The molecule has 0 aromatic heterocycles. The zero-order valence-electron chi connectivity index (χ0n) is 7.19. The third-order valence-electron chi connectivity index (χ3n) is 1.32. The van der Waals surface area contributed by atoms with Crippen molar-refractivity contribution in [3.63, 3.8) is 0 Å². The van der Waals surface area contributed by atoms with Crippen molar-refractivity contribution in [1.29, 1.82) is 0 Å². The molecular formula is C5H7F3N2O3S2. The van der Waals surface area contributed by atoms with E-state index in [-0.39, 0.29) is 11.4 Å². The molecule has 0 unspecified atom stereocenters. The van der Waals surface area contributed by atoms with Gasteiger partial charge in [0, 0.05) is 5.41 Å². The number of hydrogen-bond donors (Lipinski definition) is 1. The van der Waals surface area contributed by atoms with Crippen LogP contribution in [0.1, 0.15) is 0 Å². The van der Waals surface area contributed by atoms with Crippen molar-refractivity contribution in [3.8, 4) is 0 Å². The molecule has 15 heavy (non-hydrogen) atoms. The molecule has 0 saturated heterocycles. The van der Waals surface area contributed by atoms with Gasteiger partial charge in [-0.2, -0.15) is 13.2 Å². The molecule has 0 aliphatic carbocycles. The molecule has 0 aromatic carbocycles. The molecule has 10 heteroatoms. The Morgan fingerprint density at radius 3 is 2.60 bits per heavy atom. The van der Waals surface area contributed by atoms with Crippen LogP contribution in [0.5, 0.6) is 0 Å². The number of primary sulfonamides is 1. The van der Waals surface area contributed by atoms with Crippen LogP contribution in [0.2, 0.25) is 0 Å². The largest absolute Gasteiger partial charge is 0.413 e. The van der Waals surface area contributed by atoms with E-state index in [1.54, 1.807) is 0 Å². The summed E-state index contributed by atoms with van der Waals surface area (Å²) < 4.78 is 57.5. The minimum Gasteiger partial charge on any atom is -0.278 e. The second-order valence-electron chi connectivity index (χ2n) is 2.61. The summed E-state index contributed by atoms with van der Waals surface area (Å²) in [6.45, 7) is -1.76. The molecule has 0 spiro atoms. The third kappa shape index (κ3) is 4.38. The van der Waals surface area contributed by atoms with Crippen molar-refractivity contribution in [2.75, 3.05) is 13.2 Å². The topological polar surface area (TPSA) is 72.6 Å². The van der Waals surface area contributed by atoms with Gasteiger partial charge in [-0.05, 0) is 11.9 Å². The molecule has 0 radical (unpaired) electrons. The highest BCUT2D eigenvalue weighted by Crippen LogP contribution is 2.27. The lowest BCUT2D eigenvalue weighted by molar-refractivity contribution is -0.217. The Morgan fingerprint density at radius 1 is 1.60 bits per heavy atom. The van der Waals surface area contributed by atoms with Gasteiger partial charge in [-0.25, -0.2) is 13.6 Å². The maximum absolute atomic E-state index is 11.7. The zero-order valence-corrected chi connectivity index (χ0v) is 8.82. The molecule has 0 atom stereocenters. The van der Waals surface area contributed by atoms with Gasteiger partial charge in [0.1, 0.15) is 0 Å². The minimum absolute atomic E-state index is 0.172. The number of nitrogens with zero attached hydrogens (tertiary/aromatic N) is 1. The van der Waals surface area contributed by atoms with E-state index in [1.165, 1.54) is 0 Å². The first-order valence-corrected chi connectivity index (χ1v) is 5.92. The summed E-state index contributed by atoms with van der Waals surface area (Å²) in [6.07, 6.45) is -4.45. The predicted molar refractivity (Wildman–Crippen MR) is 47.5 cm³/mol. The van der Waals surface area contributed by atoms with Crippen LogP contribution >= 0.6 is 11.9 Å². The second kappa shape index (κ2) is 4.29. The highest BCUT2D eigenvalue weighted by molar-refractivity contribution is 8.02. The number of sulfonamides is 1. The van der Waals surface area contributed by atoms with E-state index in [1.807, 2.05) is 0 Å². The van der Waals surface area contributed by atoms with Crippen molar-refractivity contribution in [3.05, 3.63) is 10.3 Å². The van der Waals surface area contributed by atoms with Gasteiger partial charge in [0.05, 0.1) is 11.4 Å². The lowest BCUT2D eigenvalue weighted by atomic mass is 10.6. The van der Waals surface area contributed by atoms with Crippen molar-refractivity contribution in [2.24, 2.45) is 5.14 Å². The first-order valence-electron chi connectivity index (χ1n) is 3.54. The van der Waals surface area contributed by atoms with Crippen LogP contribution in [0.4, 0.5) is 13.2 Å². The quantitative estimate of drug-likeness (QED) is 0.755. The van der Waals surface area contributed by atoms with Gasteiger partial charge in [-0.3, -0.25) is 4.84 Å². The molecule has 0 bridgehead atoms. The van der Waals surface area contributed by atoms with Gasteiger partial charge in [0.25, 0.3) is 0 Å². The number of nitrogens with two attached hydrogens (primary N) is 1. The Hall–Kier alpha value is -0.290. The molecule has 0 fully saturated rings. The zero-order chi connectivity index (χ0) is 11.7. The predicted octanol–water partition coefficient (Wildman–Crippen LogP) is 0.574. The molecule has 0 aromatic rings. The van der Waals surface area contributed by atoms with E-state index in [0.717, 1.165) is 9.88 Å². The average Bonchev–Trinajstić information content (AvgIpc) is 2.45. The normalized spacial score (nSPS) is 19.3. The summed E-state index contributed by atoms with van der Waals surface area (Å²) in [7, 11) is -3.85. The fourth-order valence-corrected chi connectivity index (χ4v) is 2.38.